The van der Waals surface area contributed by atoms with E-state index >= 15 is 0 Å². The van der Waals surface area contributed by atoms with Crippen LogP contribution in [0.15, 0.2) is 48.5 Å². The van der Waals surface area contributed by atoms with E-state index in [9.17, 15) is 9.59 Å². The highest BCUT2D eigenvalue weighted by atomic mass is 16.5. The Kier molecular flexibility index (Phi) is 2.88. The molecule has 1 amide bonds. The fraction of sp³-hybridized carbons (Fsp3) is 0.222. The van der Waals surface area contributed by atoms with Gasteiger partial charge in [-0.25, -0.2) is 4.79 Å². The Morgan fingerprint density at radius 2 is 1.78 bits per heavy atom. The summed E-state index contributed by atoms with van der Waals surface area (Å²) in [5, 5.41) is 10.7. The van der Waals surface area contributed by atoms with Crippen LogP contribution in [0, 0.1) is 0 Å². The van der Waals surface area contributed by atoms with Gasteiger partial charge in [-0.3, -0.25) is 4.79 Å². The molecule has 23 heavy (non-hydrogen) atoms. The molecular formula is C18H17NO4. The zero-order valence-corrected chi connectivity index (χ0v) is 12.1. The van der Waals surface area contributed by atoms with E-state index in [0.29, 0.717) is 0 Å². The minimum Gasteiger partial charge on any atom is -0.480 e. The van der Waals surface area contributed by atoms with Gasteiger partial charge in [0.1, 0.15) is 12.6 Å². The third-order valence-electron chi connectivity index (χ3n) is 3.78. The van der Waals surface area contributed by atoms with Gasteiger partial charge in [0.15, 0.2) is 0 Å². The van der Waals surface area contributed by atoms with Crippen LogP contribution in [0.25, 0.3) is 11.1 Å². The lowest BCUT2D eigenvalue weighted by atomic mass is 9.98. The van der Waals surface area contributed by atoms with Crippen LogP contribution in [-0.2, 0) is 9.53 Å². The molecule has 0 heterocycles. The molecule has 3 rings (SSSR count). The van der Waals surface area contributed by atoms with E-state index in [4.69, 9.17) is 15.3 Å². The van der Waals surface area contributed by atoms with E-state index < -0.39 is 24.9 Å². The summed E-state index contributed by atoms with van der Waals surface area (Å²) in [6.45, 7) is -3.37. The van der Waals surface area contributed by atoms with Crippen molar-refractivity contribution in [3.63, 3.8) is 0 Å². The highest BCUT2D eigenvalue weighted by molar-refractivity contribution is 5.80. The number of alkyl carbamates (subject to hydrolysis) is 1. The van der Waals surface area contributed by atoms with E-state index in [0.717, 1.165) is 22.3 Å². The maximum Gasteiger partial charge on any atom is 0.407 e. The Hall–Kier alpha value is -2.82. The highest BCUT2D eigenvalue weighted by Gasteiger charge is 2.29. The molecule has 2 aromatic carbocycles. The van der Waals surface area contributed by atoms with Gasteiger partial charge in [0, 0.05) is 10.0 Å². The van der Waals surface area contributed by atoms with Crippen LogP contribution in [0.2, 0.25) is 0 Å². The van der Waals surface area contributed by atoms with Gasteiger partial charge in [-0.15, -0.1) is 0 Å². The minimum absolute atomic E-state index is 0.115. The normalized spacial score (nSPS) is 18.3. The maximum absolute atomic E-state index is 12.0. The molecule has 0 aromatic heterocycles. The lowest BCUT2D eigenvalue weighted by Gasteiger charge is -2.15. The topological polar surface area (TPSA) is 75.6 Å². The Bertz CT molecular complexity index is 853. The summed E-state index contributed by atoms with van der Waals surface area (Å²) in [7, 11) is 0. The van der Waals surface area contributed by atoms with Crippen molar-refractivity contribution in [3.05, 3.63) is 59.7 Å². The van der Waals surface area contributed by atoms with Crippen molar-refractivity contribution in [1.29, 1.82) is 0 Å². The van der Waals surface area contributed by atoms with E-state index in [1.807, 2.05) is 48.5 Å². The molecule has 118 valence electrons. The largest absolute Gasteiger partial charge is 0.480 e. The highest BCUT2D eigenvalue weighted by Crippen LogP contribution is 2.44. The Labute approximate surface area is 139 Å². The van der Waals surface area contributed by atoms with Gasteiger partial charge in [0.25, 0.3) is 0 Å². The standard InChI is InChI=1S/C18H17NO4/c1-11(17(20)21)19-18(22)23-10-16-14-8-4-2-6-12(14)13-7-3-5-9-15(13)16/h2-9,11,16H,10H2,1H3,(H,19,22)(H,20,21)/i1D3,11D. The molecule has 1 aliphatic carbocycles. The van der Waals surface area contributed by atoms with E-state index in [1.165, 1.54) is 0 Å². The number of benzene rings is 2. The number of hydrogen-bond acceptors (Lipinski definition) is 3. The Morgan fingerprint density at radius 1 is 1.22 bits per heavy atom. The van der Waals surface area contributed by atoms with Gasteiger partial charge in [-0.05, 0) is 29.1 Å². The van der Waals surface area contributed by atoms with Crippen molar-refractivity contribution in [2.75, 3.05) is 6.61 Å². The maximum atomic E-state index is 12.0. The number of amides is 1. The SMILES string of the molecule is [2H]C([2H])([2H])C([2H])(NC(=O)OCC1c2ccccc2-c2ccccc21)C(=O)O. The number of carboxylic acid groups (broad SMARTS) is 1. The molecule has 1 unspecified atom stereocenters. The van der Waals surface area contributed by atoms with Gasteiger partial charge in [-0.2, -0.15) is 0 Å². The lowest BCUT2D eigenvalue weighted by Crippen LogP contribution is -2.39. The fourth-order valence-electron chi connectivity index (χ4n) is 2.79. The second kappa shape index (κ2) is 6.12. The van der Waals surface area contributed by atoms with Crippen LogP contribution in [0.4, 0.5) is 4.79 Å². The zero-order valence-electron chi connectivity index (χ0n) is 16.1. The quantitative estimate of drug-likeness (QED) is 0.909. The molecule has 0 fully saturated rings. The van der Waals surface area contributed by atoms with Crippen molar-refractivity contribution in [2.45, 2.75) is 18.8 Å². The smallest absolute Gasteiger partial charge is 0.407 e. The summed E-state index contributed by atoms with van der Waals surface area (Å²) >= 11 is 0. The number of carbonyl (C=O) groups is 2. The van der Waals surface area contributed by atoms with Gasteiger partial charge >= 0.3 is 12.1 Å². The van der Waals surface area contributed by atoms with Gasteiger partial charge in [-0.1, -0.05) is 48.5 Å². The number of nitrogens with one attached hydrogen (secondary N) is 1. The van der Waals surface area contributed by atoms with Gasteiger partial charge in [0.05, 0.1) is 1.37 Å². The van der Waals surface area contributed by atoms with Crippen LogP contribution >= 0.6 is 0 Å². The monoisotopic (exact) mass is 315 g/mol. The molecule has 0 saturated carbocycles. The Morgan fingerprint density at radius 3 is 2.30 bits per heavy atom. The fourth-order valence-corrected chi connectivity index (χ4v) is 2.79. The summed E-state index contributed by atoms with van der Waals surface area (Å²) in [6, 6.07) is 12.1. The number of carbonyl (C=O) groups excluding carboxylic acids is 1. The lowest BCUT2D eigenvalue weighted by molar-refractivity contribution is -0.138. The summed E-state index contributed by atoms with van der Waals surface area (Å²) in [5.74, 6) is -2.25. The van der Waals surface area contributed by atoms with Gasteiger partial charge in [0.2, 0.25) is 0 Å². The van der Waals surface area contributed by atoms with Crippen LogP contribution in [0.1, 0.15) is 29.4 Å². The van der Waals surface area contributed by atoms with Crippen molar-refractivity contribution < 1.29 is 24.9 Å². The second-order valence-electron chi connectivity index (χ2n) is 5.13. The molecule has 0 saturated heterocycles. The molecule has 1 atom stereocenters. The second-order valence-corrected chi connectivity index (χ2v) is 5.13. The first-order valence-electron chi connectivity index (χ1n) is 9.01. The van der Waals surface area contributed by atoms with Crippen LogP contribution in [0.3, 0.4) is 0 Å². The number of ether oxygens (including phenoxy) is 1. The minimum atomic E-state index is -3.26. The first-order chi connectivity index (χ1) is 12.6. The summed E-state index contributed by atoms with van der Waals surface area (Å²) in [4.78, 5) is 23.2. The van der Waals surface area contributed by atoms with E-state index in [1.54, 1.807) is 5.32 Å². The molecule has 2 aromatic rings. The molecule has 1 aliphatic rings. The van der Waals surface area contributed by atoms with Crippen LogP contribution < -0.4 is 5.32 Å². The zero-order chi connectivity index (χ0) is 19.8. The molecule has 2 N–H and O–H groups in total. The van der Waals surface area contributed by atoms with Crippen molar-refractivity contribution in [2.24, 2.45) is 0 Å². The number of aliphatic carboxylic acids is 1. The third-order valence-corrected chi connectivity index (χ3v) is 3.78. The van der Waals surface area contributed by atoms with Crippen molar-refractivity contribution in [3.8, 4) is 11.1 Å². The van der Waals surface area contributed by atoms with Crippen molar-refractivity contribution in [1.82, 2.24) is 5.32 Å². The average Bonchev–Trinajstić information content (AvgIpc) is 2.93. The molecule has 0 radical (unpaired) electrons. The molecule has 0 bridgehead atoms. The predicted octanol–water partition coefficient (Wildman–Crippen LogP) is 3.00. The Balaban J connectivity index is 1.77. The van der Waals surface area contributed by atoms with Crippen LogP contribution in [0.5, 0.6) is 0 Å². The summed E-state index contributed by atoms with van der Waals surface area (Å²) in [5.41, 5.74) is 3.95. The van der Waals surface area contributed by atoms with Crippen molar-refractivity contribution >= 4 is 12.1 Å². The first-order valence-corrected chi connectivity index (χ1v) is 7.01. The van der Waals surface area contributed by atoms with Crippen LogP contribution in [-0.4, -0.2) is 29.8 Å². The molecule has 5 heteroatoms. The summed E-state index contributed by atoms with van der Waals surface area (Å²) in [6.07, 6.45) is -1.27. The van der Waals surface area contributed by atoms with E-state index in [-0.39, 0.29) is 12.5 Å². The first kappa shape index (κ1) is 10.8. The molecular weight excluding hydrogens is 294 g/mol. The molecule has 0 aliphatic heterocycles. The molecule has 5 nitrogen and oxygen atoms in total. The summed E-state index contributed by atoms with van der Waals surface area (Å²) < 4.78 is 34.3. The number of fused-ring (bicyclic) bond motifs is 3. The molecule has 0 spiro atoms. The third kappa shape index (κ3) is 2.90. The average molecular weight is 315 g/mol. The number of rotatable bonds is 4. The number of hydrogen-bond donors (Lipinski definition) is 2. The number of carboxylic acids is 1. The predicted molar refractivity (Wildman–Crippen MR) is 85.3 cm³/mol. The van der Waals surface area contributed by atoms with Gasteiger partial charge < -0.3 is 15.2 Å². The van der Waals surface area contributed by atoms with E-state index in [2.05, 4.69) is 0 Å².